The lowest BCUT2D eigenvalue weighted by Gasteiger charge is -2.17. The van der Waals surface area contributed by atoms with Crippen LogP contribution in [0.15, 0.2) is 29.0 Å². The predicted molar refractivity (Wildman–Crippen MR) is 75.5 cm³/mol. The fourth-order valence-electron chi connectivity index (χ4n) is 1.77. The maximum Gasteiger partial charge on any atom is 0.258 e. The highest BCUT2D eigenvalue weighted by Gasteiger charge is 2.16. The van der Waals surface area contributed by atoms with Gasteiger partial charge in [0.25, 0.3) is 5.88 Å². The van der Waals surface area contributed by atoms with Crippen molar-refractivity contribution in [2.75, 3.05) is 5.73 Å². The molecule has 1 heterocycles. The lowest BCUT2D eigenvalue weighted by molar-refractivity contribution is 0.210. The Kier molecular flexibility index (Phi) is 4.51. The first-order valence-corrected chi connectivity index (χ1v) is 6.64. The number of aliphatic hydroxyl groups is 1. The standard InChI is InChI=1S/C13H13BrFN3O2/c1-7(10-4-9(15)3-2-8(10)6-19)20-13-12(16)17-5-11(14)18-13/h2-5,7,19H,6H2,1H3,(H2,16,17). The minimum atomic E-state index is -0.529. The molecule has 1 aromatic carbocycles. The molecule has 0 saturated heterocycles. The molecule has 1 aromatic heterocycles. The zero-order valence-electron chi connectivity index (χ0n) is 10.7. The summed E-state index contributed by atoms with van der Waals surface area (Å²) in [5.74, 6) is -0.108. The lowest BCUT2D eigenvalue weighted by Crippen LogP contribution is -2.10. The molecular formula is C13H13BrFN3O2. The molecule has 2 rings (SSSR count). The second kappa shape index (κ2) is 6.15. The molecule has 0 saturated carbocycles. The third kappa shape index (κ3) is 3.23. The number of ether oxygens (including phenoxy) is 1. The summed E-state index contributed by atoms with van der Waals surface area (Å²) in [5.41, 5.74) is 6.79. The first-order chi connectivity index (χ1) is 9.51. The van der Waals surface area contributed by atoms with E-state index >= 15 is 0 Å². The highest BCUT2D eigenvalue weighted by Crippen LogP contribution is 2.27. The highest BCUT2D eigenvalue weighted by molar-refractivity contribution is 9.10. The molecule has 0 spiro atoms. The first kappa shape index (κ1) is 14.7. The number of halogens is 2. The zero-order valence-corrected chi connectivity index (χ0v) is 12.3. The molecule has 3 N–H and O–H groups in total. The summed E-state index contributed by atoms with van der Waals surface area (Å²) >= 11 is 3.17. The fourth-order valence-corrected chi connectivity index (χ4v) is 2.03. The van der Waals surface area contributed by atoms with E-state index in [1.165, 1.54) is 24.4 Å². The maximum atomic E-state index is 13.3. The lowest BCUT2D eigenvalue weighted by atomic mass is 10.0. The van der Waals surface area contributed by atoms with E-state index < -0.39 is 11.9 Å². The van der Waals surface area contributed by atoms with Gasteiger partial charge in [-0.3, -0.25) is 0 Å². The summed E-state index contributed by atoms with van der Waals surface area (Å²) in [4.78, 5) is 7.97. The van der Waals surface area contributed by atoms with Crippen LogP contribution in [-0.4, -0.2) is 15.1 Å². The monoisotopic (exact) mass is 341 g/mol. The Hall–Kier alpha value is -1.73. The van der Waals surface area contributed by atoms with E-state index in [9.17, 15) is 9.50 Å². The van der Waals surface area contributed by atoms with Crippen molar-refractivity contribution in [3.8, 4) is 5.88 Å². The Morgan fingerprint density at radius 2 is 2.25 bits per heavy atom. The number of aromatic nitrogens is 2. The molecule has 7 heteroatoms. The van der Waals surface area contributed by atoms with Crippen LogP contribution >= 0.6 is 15.9 Å². The zero-order chi connectivity index (χ0) is 14.7. The molecule has 0 aliphatic heterocycles. The van der Waals surface area contributed by atoms with E-state index in [-0.39, 0.29) is 18.3 Å². The summed E-state index contributed by atoms with van der Waals surface area (Å²) in [6.45, 7) is 1.51. The summed E-state index contributed by atoms with van der Waals surface area (Å²) in [6, 6.07) is 4.12. The molecular weight excluding hydrogens is 329 g/mol. The van der Waals surface area contributed by atoms with E-state index in [1.807, 2.05) is 0 Å². The Labute approximate surface area is 123 Å². The number of benzene rings is 1. The maximum absolute atomic E-state index is 13.3. The molecule has 1 atom stereocenters. The van der Waals surface area contributed by atoms with Gasteiger partial charge in [-0.25, -0.2) is 14.4 Å². The molecule has 0 bridgehead atoms. The third-order valence-electron chi connectivity index (χ3n) is 2.74. The van der Waals surface area contributed by atoms with Crippen LogP contribution in [0.4, 0.5) is 10.2 Å². The van der Waals surface area contributed by atoms with Gasteiger partial charge in [-0.1, -0.05) is 6.07 Å². The van der Waals surface area contributed by atoms with E-state index in [0.29, 0.717) is 15.7 Å². The van der Waals surface area contributed by atoms with Gasteiger partial charge in [0.15, 0.2) is 5.82 Å². The van der Waals surface area contributed by atoms with Crippen LogP contribution in [0.25, 0.3) is 0 Å². The summed E-state index contributed by atoms with van der Waals surface area (Å²) in [6.07, 6.45) is 0.924. The number of hydrogen-bond donors (Lipinski definition) is 2. The molecule has 0 aliphatic carbocycles. The van der Waals surface area contributed by atoms with Crippen LogP contribution < -0.4 is 10.5 Å². The Bertz CT molecular complexity index is 625. The number of anilines is 1. The quantitative estimate of drug-likeness (QED) is 0.893. The summed E-state index contributed by atoms with van der Waals surface area (Å²) in [5, 5.41) is 9.28. The summed E-state index contributed by atoms with van der Waals surface area (Å²) < 4.78 is 19.4. The number of nitrogens with two attached hydrogens (primary N) is 1. The SMILES string of the molecule is CC(Oc1nc(Br)cnc1N)c1cc(F)ccc1CO. The van der Waals surface area contributed by atoms with Crippen LogP contribution in [0, 0.1) is 5.82 Å². The van der Waals surface area contributed by atoms with E-state index in [2.05, 4.69) is 25.9 Å². The molecule has 0 amide bonds. The van der Waals surface area contributed by atoms with Gasteiger partial charge in [0.2, 0.25) is 0 Å². The van der Waals surface area contributed by atoms with Crippen LogP contribution in [0.5, 0.6) is 5.88 Å². The normalized spacial score (nSPS) is 12.2. The van der Waals surface area contributed by atoms with Crippen molar-refractivity contribution in [2.24, 2.45) is 0 Å². The van der Waals surface area contributed by atoms with Gasteiger partial charge in [-0.15, -0.1) is 0 Å². The van der Waals surface area contributed by atoms with Crippen molar-refractivity contribution in [1.29, 1.82) is 0 Å². The van der Waals surface area contributed by atoms with Crippen LogP contribution in [0.1, 0.15) is 24.2 Å². The molecule has 1 unspecified atom stereocenters. The van der Waals surface area contributed by atoms with Gasteiger partial charge in [0, 0.05) is 5.56 Å². The van der Waals surface area contributed by atoms with Gasteiger partial charge < -0.3 is 15.6 Å². The molecule has 0 fully saturated rings. The predicted octanol–water partition coefficient (Wildman–Crippen LogP) is 2.59. The highest BCUT2D eigenvalue weighted by atomic mass is 79.9. The van der Waals surface area contributed by atoms with Crippen LogP contribution in [0.3, 0.4) is 0 Å². The van der Waals surface area contributed by atoms with Crippen molar-refractivity contribution >= 4 is 21.7 Å². The van der Waals surface area contributed by atoms with Crippen molar-refractivity contribution in [2.45, 2.75) is 19.6 Å². The van der Waals surface area contributed by atoms with Crippen molar-refractivity contribution in [3.63, 3.8) is 0 Å². The molecule has 106 valence electrons. The third-order valence-corrected chi connectivity index (χ3v) is 3.12. The Balaban J connectivity index is 2.30. The summed E-state index contributed by atoms with van der Waals surface area (Å²) in [7, 11) is 0. The molecule has 5 nitrogen and oxygen atoms in total. The number of hydrogen-bond acceptors (Lipinski definition) is 5. The van der Waals surface area contributed by atoms with E-state index in [0.717, 1.165) is 0 Å². The van der Waals surface area contributed by atoms with Gasteiger partial charge >= 0.3 is 0 Å². The number of nitrogen functional groups attached to an aromatic ring is 1. The topological polar surface area (TPSA) is 81.3 Å². The molecule has 2 aromatic rings. The largest absolute Gasteiger partial charge is 0.467 e. The smallest absolute Gasteiger partial charge is 0.258 e. The minimum Gasteiger partial charge on any atom is -0.467 e. The van der Waals surface area contributed by atoms with Crippen molar-refractivity contribution in [3.05, 3.63) is 45.9 Å². The second-order valence-corrected chi connectivity index (χ2v) is 4.96. The first-order valence-electron chi connectivity index (χ1n) is 5.85. The van der Waals surface area contributed by atoms with Crippen molar-refractivity contribution in [1.82, 2.24) is 9.97 Å². The Morgan fingerprint density at radius 3 is 2.95 bits per heavy atom. The molecule has 0 aliphatic rings. The number of nitrogens with zero attached hydrogens (tertiary/aromatic N) is 2. The number of aliphatic hydroxyl groups excluding tert-OH is 1. The van der Waals surface area contributed by atoms with Gasteiger partial charge in [-0.2, -0.15) is 0 Å². The van der Waals surface area contributed by atoms with Gasteiger partial charge in [0.05, 0.1) is 12.8 Å². The van der Waals surface area contributed by atoms with Gasteiger partial charge in [-0.05, 0) is 40.5 Å². The Morgan fingerprint density at radius 1 is 1.50 bits per heavy atom. The van der Waals surface area contributed by atoms with E-state index in [4.69, 9.17) is 10.5 Å². The van der Waals surface area contributed by atoms with Crippen LogP contribution in [-0.2, 0) is 6.61 Å². The van der Waals surface area contributed by atoms with Gasteiger partial charge in [0.1, 0.15) is 16.5 Å². The average molecular weight is 342 g/mol. The number of rotatable bonds is 4. The molecule has 0 radical (unpaired) electrons. The second-order valence-electron chi connectivity index (χ2n) is 4.14. The van der Waals surface area contributed by atoms with Crippen LogP contribution in [0.2, 0.25) is 0 Å². The minimum absolute atomic E-state index is 0.141. The molecule has 20 heavy (non-hydrogen) atoms. The van der Waals surface area contributed by atoms with E-state index in [1.54, 1.807) is 6.92 Å². The fraction of sp³-hybridized carbons (Fsp3) is 0.231. The average Bonchev–Trinajstić information content (AvgIpc) is 2.42. The van der Waals surface area contributed by atoms with Crippen molar-refractivity contribution < 1.29 is 14.2 Å².